The number of phenolic OH excluding ortho intramolecular Hbond substituents is 1. The molecule has 40 heteroatoms. The van der Waals surface area contributed by atoms with Crippen LogP contribution in [0.2, 0.25) is 0 Å². The molecule has 0 radical (unpaired) electrons. The molecule has 714 valence electrons. The first-order valence-corrected chi connectivity index (χ1v) is 43.9. The summed E-state index contributed by atoms with van der Waals surface area (Å²) in [6.45, 7) is 5.15. The number of amides is 13. The van der Waals surface area contributed by atoms with E-state index in [0.717, 1.165) is 0 Å². The van der Waals surface area contributed by atoms with E-state index in [1.807, 2.05) is 0 Å². The fourth-order valence-electron chi connectivity index (χ4n) is 13.9. The zero-order valence-corrected chi connectivity index (χ0v) is 74.0. The Morgan fingerprint density at radius 2 is 0.527 bits per heavy atom. The van der Waals surface area contributed by atoms with E-state index in [-0.39, 0.29) is 115 Å². The van der Waals surface area contributed by atoms with Crippen molar-refractivity contribution in [1.29, 1.82) is 0 Å². The fraction of sp³-hybridized carbons (Fsp3) is 0.484. The van der Waals surface area contributed by atoms with Gasteiger partial charge in [0.15, 0.2) is 0 Å². The van der Waals surface area contributed by atoms with Crippen LogP contribution < -0.4 is 97.8 Å². The quantitative estimate of drug-likeness (QED) is 0.0208. The number of hydrogen-bond acceptors (Lipinski definition) is 23. The number of carbonyl (C=O) groups is 17. The van der Waals surface area contributed by atoms with Crippen molar-refractivity contribution in [3.05, 3.63) is 173 Å². The molecular weight excluding hydrogens is 1700 g/mol. The van der Waals surface area contributed by atoms with Gasteiger partial charge in [-0.3, -0.25) is 76.7 Å². The highest BCUT2D eigenvalue weighted by molar-refractivity contribution is 6.01. The Kier molecular flexibility index (Phi) is 48.2. The summed E-state index contributed by atoms with van der Waals surface area (Å²) in [6.07, 6.45) is -2.65. The van der Waals surface area contributed by atoms with Crippen LogP contribution in [-0.4, -0.2) is 237 Å². The van der Waals surface area contributed by atoms with Gasteiger partial charge >= 0.3 is 23.9 Å². The van der Waals surface area contributed by atoms with Crippen LogP contribution in [0.3, 0.4) is 0 Å². The standard InChI is InChI=1S/C91H128N18O22/c1-54(2)77(109-84(123)65(35-19-23-47-95)100-89(128)72(53-76(115)116)106-88(127)70(51-60-36-38-61(110)39-37-60)105-87(126)68(48-56-24-8-4-9-25-56)103-78(117)55(3)97-79(118)62(96)32-16-20-44-92)90(129)107-71(50-58-28-12-6-13-29-58)86(125)102-66(40-42-74(111)112)82(121)98-64(34-18-22-46-94)81(120)104-69(49-57-26-10-5-11-27-57)85(124)99-63(33-17-21-45-93)80(119)101-67(41-43-75(113)114)83(122)108-73(91(130)131)52-59-30-14-7-15-31-59/h4-15,24-31,36-39,54-55,62-73,77,110H,16-23,32-35,40-53,92-96H2,1-3H3,(H,97,118)(H,98,121)(H,99,124)(H,100,128)(H,101,119)(H,102,125)(H,103,117)(H,104,120)(H,105,126)(H,106,127)(H,107,129)(H,108,122)(H,109,123)(H,111,112)(H,113,114)(H,115,116)(H,130,131)/t55-,62-,63-,64-,65-,66-,67-,68-,69-,70-,71-,72-,73-,77-/m0/s1. The molecule has 40 nitrogen and oxygen atoms in total. The molecule has 0 aliphatic carbocycles. The molecule has 0 bridgehead atoms. The van der Waals surface area contributed by atoms with Gasteiger partial charge in [-0.15, -0.1) is 0 Å². The molecule has 13 amide bonds. The number of carbonyl (C=O) groups excluding carboxylic acids is 13. The molecule has 5 rings (SSSR count). The minimum Gasteiger partial charge on any atom is -0.508 e. The first-order chi connectivity index (χ1) is 62.5. The Balaban J connectivity index is 1.43. The predicted molar refractivity (Wildman–Crippen MR) is 481 cm³/mol. The molecule has 0 spiro atoms. The molecule has 0 saturated carbocycles. The number of benzene rings is 5. The molecule has 0 aliphatic heterocycles. The Morgan fingerprint density at radius 1 is 0.267 bits per heavy atom. The summed E-state index contributed by atoms with van der Waals surface area (Å²) in [5, 5.41) is 83.6. The number of nitrogens with two attached hydrogens (primary N) is 5. The highest BCUT2D eigenvalue weighted by Gasteiger charge is 2.40. The van der Waals surface area contributed by atoms with Crippen LogP contribution in [0.25, 0.3) is 0 Å². The van der Waals surface area contributed by atoms with Crippen molar-refractivity contribution in [1.82, 2.24) is 69.1 Å². The molecule has 14 atom stereocenters. The third-order valence-corrected chi connectivity index (χ3v) is 21.3. The number of nitrogens with one attached hydrogen (secondary N) is 13. The third-order valence-electron chi connectivity index (χ3n) is 21.3. The van der Waals surface area contributed by atoms with E-state index in [0.29, 0.717) is 53.6 Å². The van der Waals surface area contributed by atoms with Gasteiger partial charge in [-0.25, -0.2) is 4.79 Å². The van der Waals surface area contributed by atoms with Crippen LogP contribution >= 0.6 is 0 Å². The molecule has 0 unspecified atom stereocenters. The minimum absolute atomic E-state index is 0.0982. The van der Waals surface area contributed by atoms with Gasteiger partial charge in [0.1, 0.15) is 84.3 Å². The maximum absolute atomic E-state index is 15.0. The van der Waals surface area contributed by atoms with Crippen molar-refractivity contribution >= 4 is 101 Å². The number of hydrogen-bond donors (Lipinski definition) is 23. The van der Waals surface area contributed by atoms with Gasteiger partial charge in [-0.05, 0) is 162 Å². The van der Waals surface area contributed by atoms with Gasteiger partial charge in [0.05, 0.1) is 12.5 Å². The lowest BCUT2D eigenvalue weighted by Crippen LogP contribution is -2.62. The molecule has 131 heavy (non-hydrogen) atoms. The van der Waals surface area contributed by atoms with Gasteiger partial charge in [0, 0.05) is 44.9 Å². The summed E-state index contributed by atoms with van der Waals surface area (Å²) in [6, 6.07) is 16.7. The highest BCUT2D eigenvalue weighted by Crippen LogP contribution is 2.18. The normalized spacial score (nSPS) is 14.3. The van der Waals surface area contributed by atoms with Crippen molar-refractivity contribution in [2.24, 2.45) is 34.6 Å². The summed E-state index contributed by atoms with van der Waals surface area (Å²) in [5.41, 5.74) is 31.6. The van der Waals surface area contributed by atoms with Crippen LogP contribution in [0.1, 0.15) is 158 Å². The van der Waals surface area contributed by atoms with Crippen LogP contribution in [0, 0.1) is 5.92 Å². The smallest absolute Gasteiger partial charge is 0.326 e. The van der Waals surface area contributed by atoms with Crippen molar-refractivity contribution in [2.45, 2.75) is 247 Å². The Hall–Kier alpha value is -13.3. The van der Waals surface area contributed by atoms with E-state index in [2.05, 4.69) is 69.1 Å². The number of aliphatic carboxylic acids is 4. The second-order valence-corrected chi connectivity index (χ2v) is 32.3. The van der Waals surface area contributed by atoms with Gasteiger partial charge in [0.25, 0.3) is 0 Å². The van der Waals surface area contributed by atoms with Crippen molar-refractivity contribution in [3.63, 3.8) is 0 Å². The number of phenols is 1. The topological polar surface area (TPSA) is 678 Å². The second-order valence-electron chi connectivity index (χ2n) is 32.3. The van der Waals surface area contributed by atoms with E-state index < -0.39 is 223 Å². The van der Waals surface area contributed by atoms with Gasteiger partial charge in [-0.1, -0.05) is 154 Å². The molecule has 5 aromatic carbocycles. The lowest BCUT2D eigenvalue weighted by Gasteiger charge is -2.29. The lowest BCUT2D eigenvalue weighted by atomic mass is 9.99. The predicted octanol–water partition coefficient (Wildman–Crippen LogP) is -0.984. The number of carboxylic acids is 4. The Morgan fingerprint density at radius 3 is 0.840 bits per heavy atom. The van der Waals surface area contributed by atoms with E-state index in [4.69, 9.17) is 28.7 Å². The summed E-state index contributed by atoms with van der Waals surface area (Å²) < 4.78 is 0. The van der Waals surface area contributed by atoms with Crippen LogP contribution in [0.5, 0.6) is 5.75 Å². The number of carboxylic acid groups (broad SMARTS) is 4. The summed E-state index contributed by atoms with van der Waals surface area (Å²) in [4.78, 5) is 238. The number of unbranched alkanes of at least 4 members (excludes halogenated alkanes) is 4. The molecule has 0 fully saturated rings. The Labute approximate surface area is 759 Å². The van der Waals surface area contributed by atoms with E-state index in [1.165, 1.54) is 45.0 Å². The van der Waals surface area contributed by atoms with Crippen LogP contribution in [0.4, 0.5) is 0 Å². The van der Waals surface area contributed by atoms with Crippen LogP contribution in [0.15, 0.2) is 146 Å². The molecular formula is C91H128N18O22. The zero-order valence-electron chi connectivity index (χ0n) is 74.0. The Bertz CT molecular complexity index is 4540. The lowest BCUT2D eigenvalue weighted by molar-refractivity contribution is -0.143. The molecule has 0 saturated heterocycles. The third kappa shape index (κ3) is 40.5. The van der Waals surface area contributed by atoms with Gasteiger partial charge < -0.3 is 123 Å². The van der Waals surface area contributed by atoms with E-state index >= 15 is 4.79 Å². The summed E-state index contributed by atoms with van der Waals surface area (Å²) in [5.74, 6) is -19.8. The molecule has 0 heterocycles. The number of aromatic hydroxyl groups is 1. The van der Waals surface area contributed by atoms with E-state index in [1.54, 1.807) is 121 Å². The maximum atomic E-state index is 15.0. The van der Waals surface area contributed by atoms with Gasteiger partial charge in [0.2, 0.25) is 76.8 Å². The monoisotopic (exact) mass is 1820 g/mol. The summed E-state index contributed by atoms with van der Waals surface area (Å²) >= 11 is 0. The number of rotatable bonds is 62. The largest absolute Gasteiger partial charge is 0.508 e. The van der Waals surface area contributed by atoms with Crippen LogP contribution in [-0.2, 0) is 114 Å². The first kappa shape index (κ1) is 108. The maximum Gasteiger partial charge on any atom is 0.326 e. The minimum atomic E-state index is -2.01. The molecule has 5 aromatic rings. The molecule has 0 aliphatic rings. The zero-order chi connectivity index (χ0) is 96.5. The van der Waals surface area contributed by atoms with Crippen molar-refractivity contribution in [3.8, 4) is 5.75 Å². The molecule has 0 aromatic heterocycles. The average molecular weight is 1830 g/mol. The van der Waals surface area contributed by atoms with Gasteiger partial charge in [-0.2, -0.15) is 0 Å². The first-order valence-electron chi connectivity index (χ1n) is 43.9. The fourth-order valence-corrected chi connectivity index (χ4v) is 13.9. The molecule has 28 N–H and O–H groups in total. The summed E-state index contributed by atoms with van der Waals surface area (Å²) in [7, 11) is 0. The van der Waals surface area contributed by atoms with E-state index in [9.17, 15) is 102 Å². The van der Waals surface area contributed by atoms with Crippen molar-refractivity contribution < 1.29 is 107 Å². The van der Waals surface area contributed by atoms with Crippen molar-refractivity contribution in [2.75, 3.05) is 26.2 Å². The highest BCUT2D eigenvalue weighted by atomic mass is 16.4. The average Bonchev–Trinajstić information content (AvgIpc) is 0.834. The second kappa shape index (κ2) is 58.3. The SMILES string of the molecule is CC(C)[C@H](NC(=O)[C@H](CCCCN)NC(=O)[C@H](CC(=O)O)NC(=O)[C@H](Cc1ccc(O)cc1)NC(=O)[C@H](Cc1ccccc1)NC(=O)[C@H](C)NC(=O)[C@@H](N)CCCCN)C(=O)N[C@@H](Cc1ccccc1)C(=O)N[C@@H](CCC(=O)O)C(=O)N[C@@H](CCCCN)C(=O)N[C@@H](Cc1ccccc1)C(=O)N[C@@H](CCCCN)C(=O)N[C@@H](CCC(=O)O)C(=O)N[C@@H](Cc1ccccc1)C(=O)O.